The van der Waals surface area contributed by atoms with Gasteiger partial charge in [-0.2, -0.15) is 5.10 Å². The molecule has 6 nitrogen and oxygen atoms in total. The van der Waals surface area contributed by atoms with Gasteiger partial charge >= 0.3 is 0 Å². The highest BCUT2D eigenvalue weighted by Gasteiger charge is 2.11. The highest BCUT2D eigenvalue weighted by molar-refractivity contribution is 9.10. The fourth-order valence-corrected chi connectivity index (χ4v) is 3.77. The van der Waals surface area contributed by atoms with Crippen LogP contribution in [-0.2, 0) is 16.2 Å². The van der Waals surface area contributed by atoms with Crippen LogP contribution in [0.5, 0.6) is 5.75 Å². The molecular weight excluding hydrogens is 494 g/mol. The molecule has 0 spiro atoms. The third kappa shape index (κ3) is 6.08. The summed E-state index contributed by atoms with van der Waals surface area (Å²) in [5.41, 5.74) is 4.81. The molecule has 170 valence electrons. The Morgan fingerprint density at radius 2 is 1.59 bits per heavy atom. The van der Waals surface area contributed by atoms with Crippen molar-refractivity contribution >= 4 is 50.4 Å². The van der Waals surface area contributed by atoms with Crippen LogP contribution in [0.15, 0.2) is 101 Å². The second-order valence-corrected chi connectivity index (χ2v) is 8.33. The molecule has 0 saturated carbocycles. The highest BCUT2D eigenvalue weighted by atomic mass is 79.9. The van der Waals surface area contributed by atoms with Crippen molar-refractivity contribution in [1.82, 2.24) is 5.43 Å². The number of rotatable bonds is 8. The van der Waals surface area contributed by atoms with Gasteiger partial charge in [0.25, 0.3) is 0 Å². The predicted molar refractivity (Wildman–Crippen MR) is 138 cm³/mol. The Labute approximate surface area is 205 Å². The summed E-state index contributed by atoms with van der Waals surface area (Å²) in [6.45, 7) is 0.404. The van der Waals surface area contributed by atoms with E-state index in [1.807, 2.05) is 78.9 Å². The summed E-state index contributed by atoms with van der Waals surface area (Å²) in [5.74, 6) is -0.309. The van der Waals surface area contributed by atoms with E-state index < -0.39 is 11.8 Å². The molecule has 4 aromatic carbocycles. The zero-order chi connectivity index (χ0) is 23.8. The summed E-state index contributed by atoms with van der Waals surface area (Å²) in [6, 6.07) is 28.8. The number of hydrazone groups is 1. The van der Waals surface area contributed by atoms with Crippen LogP contribution in [0.1, 0.15) is 17.5 Å². The highest BCUT2D eigenvalue weighted by Crippen LogP contribution is 2.27. The minimum absolute atomic E-state index is 0.356. The van der Waals surface area contributed by atoms with E-state index >= 15 is 0 Å². The number of hydrogen-bond donors (Lipinski definition) is 2. The van der Waals surface area contributed by atoms with Gasteiger partial charge in [0, 0.05) is 10.0 Å². The van der Waals surface area contributed by atoms with Crippen molar-refractivity contribution < 1.29 is 14.3 Å². The molecule has 7 heteroatoms. The molecule has 0 aromatic heterocycles. The standard InChI is InChI=1S/C27H22BrN3O3/c28-23-12-6-7-13-24(23)30-26(32)16-27(33)31-29-17-22-21-11-5-4-10-20(21)14-15-25(22)34-18-19-8-2-1-3-9-19/h1-15,17H,16,18H2,(H,30,32)(H,31,33). The van der Waals surface area contributed by atoms with Gasteiger partial charge in [-0.3, -0.25) is 9.59 Å². The lowest BCUT2D eigenvalue weighted by molar-refractivity contribution is -0.126. The van der Waals surface area contributed by atoms with E-state index in [1.54, 1.807) is 18.3 Å². The maximum atomic E-state index is 12.2. The molecule has 0 aliphatic heterocycles. The first-order valence-electron chi connectivity index (χ1n) is 10.6. The van der Waals surface area contributed by atoms with Crippen LogP contribution in [0.25, 0.3) is 10.8 Å². The molecule has 0 bridgehead atoms. The summed E-state index contributed by atoms with van der Waals surface area (Å²) >= 11 is 3.36. The fourth-order valence-electron chi connectivity index (χ4n) is 3.38. The van der Waals surface area contributed by atoms with Gasteiger partial charge in [-0.1, -0.05) is 72.8 Å². The number of carbonyl (C=O) groups excluding carboxylic acids is 2. The van der Waals surface area contributed by atoms with E-state index in [1.165, 1.54) is 0 Å². The molecule has 2 N–H and O–H groups in total. The number of fused-ring (bicyclic) bond motifs is 1. The van der Waals surface area contributed by atoms with E-state index in [4.69, 9.17) is 4.74 Å². The molecule has 0 aliphatic rings. The Kier molecular flexibility index (Phi) is 7.67. The van der Waals surface area contributed by atoms with E-state index in [0.717, 1.165) is 26.4 Å². The summed E-state index contributed by atoms with van der Waals surface area (Å²) in [7, 11) is 0. The van der Waals surface area contributed by atoms with E-state index in [9.17, 15) is 9.59 Å². The zero-order valence-electron chi connectivity index (χ0n) is 18.2. The lowest BCUT2D eigenvalue weighted by atomic mass is 10.0. The molecule has 0 atom stereocenters. The number of ether oxygens (including phenoxy) is 1. The van der Waals surface area contributed by atoms with Crippen molar-refractivity contribution in [2.75, 3.05) is 5.32 Å². The molecule has 0 saturated heterocycles. The topological polar surface area (TPSA) is 79.8 Å². The van der Waals surface area contributed by atoms with E-state index in [0.29, 0.717) is 18.0 Å². The maximum absolute atomic E-state index is 12.2. The van der Waals surface area contributed by atoms with E-state index in [2.05, 4.69) is 31.8 Å². The van der Waals surface area contributed by atoms with Crippen LogP contribution in [0, 0.1) is 0 Å². The SMILES string of the molecule is O=C(CC(=O)Nc1ccccc1Br)NN=Cc1c(OCc2ccccc2)ccc2ccccc12. The molecule has 0 radical (unpaired) electrons. The molecule has 0 unspecified atom stereocenters. The van der Waals surface area contributed by atoms with Gasteiger partial charge in [0.05, 0.1) is 11.9 Å². The first-order valence-corrected chi connectivity index (χ1v) is 11.4. The van der Waals surface area contributed by atoms with Crippen molar-refractivity contribution in [3.05, 3.63) is 107 Å². The number of halogens is 1. The Morgan fingerprint density at radius 3 is 2.41 bits per heavy atom. The average Bonchev–Trinajstić information content (AvgIpc) is 2.85. The van der Waals surface area contributed by atoms with Gasteiger partial charge in [-0.25, -0.2) is 5.43 Å². The fraction of sp³-hybridized carbons (Fsp3) is 0.0741. The monoisotopic (exact) mass is 515 g/mol. The first kappa shape index (κ1) is 23.2. The molecule has 0 fully saturated rings. The number of carbonyl (C=O) groups is 2. The Bertz CT molecular complexity index is 1340. The summed E-state index contributed by atoms with van der Waals surface area (Å²) in [6.07, 6.45) is 1.19. The third-order valence-corrected chi connectivity index (χ3v) is 5.71. The molecule has 2 amide bonds. The van der Waals surface area contributed by atoms with Gasteiger partial charge in [0.2, 0.25) is 11.8 Å². The third-order valence-electron chi connectivity index (χ3n) is 5.02. The van der Waals surface area contributed by atoms with Crippen molar-refractivity contribution in [2.45, 2.75) is 13.0 Å². The molecule has 34 heavy (non-hydrogen) atoms. The summed E-state index contributed by atoms with van der Waals surface area (Å²) in [5, 5.41) is 8.75. The lowest BCUT2D eigenvalue weighted by Crippen LogP contribution is -2.24. The van der Waals surface area contributed by atoms with Gasteiger partial charge in [-0.15, -0.1) is 0 Å². The predicted octanol–water partition coefficient (Wildman–Crippen LogP) is 5.66. The van der Waals surface area contributed by atoms with Gasteiger partial charge < -0.3 is 10.1 Å². The van der Waals surface area contributed by atoms with Gasteiger partial charge in [0.1, 0.15) is 18.8 Å². The normalized spacial score (nSPS) is 10.9. The Hall–Kier alpha value is -3.97. The lowest BCUT2D eigenvalue weighted by Gasteiger charge is -2.12. The number of benzene rings is 4. The molecular formula is C27H22BrN3O3. The summed E-state index contributed by atoms with van der Waals surface area (Å²) in [4.78, 5) is 24.4. The second kappa shape index (κ2) is 11.2. The minimum atomic E-state index is -0.521. The Balaban J connectivity index is 1.44. The van der Waals surface area contributed by atoms with Crippen LogP contribution in [-0.4, -0.2) is 18.0 Å². The number of hydrogen-bond acceptors (Lipinski definition) is 4. The average molecular weight is 516 g/mol. The minimum Gasteiger partial charge on any atom is -0.488 e. The van der Waals surface area contributed by atoms with Crippen LogP contribution in [0.4, 0.5) is 5.69 Å². The van der Waals surface area contributed by atoms with Crippen LogP contribution in [0.2, 0.25) is 0 Å². The van der Waals surface area contributed by atoms with E-state index in [-0.39, 0.29) is 6.42 Å². The largest absolute Gasteiger partial charge is 0.488 e. The summed E-state index contributed by atoms with van der Waals surface area (Å²) < 4.78 is 6.80. The number of nitrogens with zero attached hydrogens (tertiary/aromatic N) is 1. The van der Waals surface area contributed by atoms with Crippen molar-refractivity contribution in [1.29, 1.82) is 0 Å². The molecule has 0 aliphatic carbocycles. The zero-order valence-corrected chi connectivity index (χ0v) is 19.8. The molecule has 0 heterocycles. The van der Waals surface area contributed by atoms with Crippen LogP contribution < -0.4 is 15.5 Å². The quantitative estimate of drug-likeness (QED) is 0.180. The van der Waals surface area contributed by atoms with Crippen LogP contribution in [0.3, 0.4) is 0 Å². The van der Waals surface area contributed by atoms with Crippen molar-refractivity contribution in [2.24, 2.45) is 5.10 Å². The molecule has 4 aromatic rings. The molecule has 4 rings (SSSR count). The van der Waals surface area contributed by atoms with Crippen molar-refractivity contribution in [3.63, 3.8) is 0 Å². The van der Waals surface area contributed by atoms with Crippen LogP contribution >= 0.6 is 15.9 Å². The second-order valence-electron chi connectivity index (χ2n) is 7.47. The van der Waals surface area contributed by atoms with Crippen molar-refractivity contribution in [3.8, 4) is 5.75 Å². The number of nitrogens with one attached hydrogen (secondary N) is 2. The van der Waals surface area contributed by atoms with Gasteiger partial charge in [0.15, 0.2) is 0 Å². The smallest absolute Gasteiger partial charge is 0.249 e. The number of para-hydroxylation sites is 1. The number of anilines is 1. The Morgan fingerprint density at radius 1 is 0.853 bits per heavy atom. The van der Waals surface area contributed by atoms with Gasteiger partial charge in [-0.05, 0) is 50.5 Å². The maximum Gasteiger partial charge on any atom is 0.249 e. The first-order chi connectivity index (χ1) is 16.6. The number of amides is 2.